The highest BCUT2D eigenvalue weighted by Crippen LogP contribution is 2.12. The van der Waals surface area contributed by atoms with E-state index in [-0.39, 0.29) is 18.1 Å². The Hall–Kier alpha value is -2.90. The molecule has 1 rings (SSSR count). The number of hydrogen-bond donors (Lipinski definition) is 2. The zero-order chi connectivity index (χ0) is 17.2. The molecular weight excluding hydrogens is 298 g/mol. The SMILES string of the molecule is C=CCNC(=NCc1ccc([N+](=O)[O-])cc1)NCC(=O)N(C)C. The second-order valence-electron chi connectivity index (χ2n) is 4.90. The van der Waals surface area contributed by atoms with Gasteiger partial charge in [0.25, 0.3) is 5.69 Å². The van der Waals surface area contributed by atoms with Crippen LogP contribution in [0.5, 0.6) is 0 Å². The van der Waals surface area contributed by atoms with Crippen LogP contribution >= 0.6 is 0 Å². The molecule has 1 aromatic rings. The second-order valence-corrected chi connectivity index (χ2v) is 4.90. The van der Waals surface area contributed by atoms with Gasteiger partial charge in [0.1, 0.15) is 0 Å². The van der Waals surface area contributed by atoms with Crippen molar-refractivity contribution in [2.75, 3.05) is 27.2 Å². The summed E-state index contributed by atoms with van der Waals surface area (Å²) in [7, 11) is 3.35. The largest absolute Gasteiger partial charge is 0.353 e. The molecule has 0 saturated heterocycles. The van der Waals surface area contributed by atoms with Gasteiger partial charge < -0.3 is 15.5 Å². The van der Waals surface area contributed by atoms with Crippen LogP contribution in [-0.4, -0.2) is 48.9 Å². The molecule has 0 saturated carbocycles. The highest BCUT2D eigenvalue weighted by atomic mass is 16.6. The van der Waals surface area contributed by atoms with Crippen LogP contribution in [-0.2, 0) is 11.3 Å². The molecule has 8 nitrogen and oxygen atoms in total. The molecule has 1 aromatic carbocycles. The van der Waals surface area contributed by atoms with Crippen molar-refractivity contribution < 1.29 is 9.72 Å². The Balaban J connectivity index is 2.69. The highest BCUT2D eigenvalue weighted by molar-refractivity contribution is 5.86. The van der Waals surface area contributed by atoms with Gasteiger partial charge in [0.15, 0.2) is 5.96 Å². The highest BCUT2D eigenvalue weighted by Gasteiger charge is 2.06. The lowest BCUT2D eigenvalue weighted by molar-refractivity contribution is -0.384. The number of guanidine groups is 1. The third-order valence-corrected chi connectivity index (χ3v) is 2.89. The van der Waals surface area contributed by atoms with Crippen molar-refractivity contribution >= 4 is 17.6 Å². The lowest BCUT2D eigenvalue weighted by Crippen LogP contribution is -2.43. The normalized spacial score (nSPS) is 10.8. The van der Waals surface area contributed by atoms with Crippen molar-refractivity contribution in [3.8, 4) is 0 Å². The van der Waals surface area contributed by atoms with Crippen LogP contribution in [0.4, 0.5) is 5.69 Å². The molecule has 0 fully saturated rings. The number of nitrogens with one attached hydrogen (secondary N) is 2. The van der Waals surface area contributed by atoms with Crippen molar-refractivity contribution in [3.05, 3.63) is 52.6 Å². The van der Waals surface area contributed by atoms with Gasteiger partial charge in [-0.2, -0.15) is 0 Å². The number of nitrogens with zero attached hydrogens (tertiary/aromatic N) is 3. The summed E-state index contributed by atoms with van der Waals surface area (Å²) in [6, 6.07) is 6.17. The molecule has 0 radical (unpaired) electrons. The Morgan fingerprint density at radius 2 is 2.00 bits per heavy atom. The number of nitro groups is 1. The van der Waals surface area contributed by atoms with Gasteiger partial charge in [0, 0.05) is 32.8 Å². The van der Waals surface area contributed by atoms with Crippen LogP contribution < -0.4 is 10.6 Å². The van der Waals surface area contributed by atoms with Gasteiger partial charge in [-0.3, -0.25) is 14.9 Å². The first-order valence-corrected chi connectivity index (χ1v) is 7.00. The van der Waals surface area contributed by atoms with Crippen LogP contribution in [0.1, 0.15) is 5.56 Å². The first kappa shape index (κ1) is 18.1. The summed E-state index contributed by atoms with van der Waals surface area (Å²) < 4.78 is 0. The molecule has 0 aliphatic carbocycles. The van der Waals surface area contributed by atoms with Crippen molar-refractivity contribution in [2.45, 2.75) is 6.54 Å². The zero-order valence-corrected chi connectivity index (χ0v) is 13.3. The topological polar surface area (TPSA) is 99.9 Å². The Morgan fingerprint density at radius 1 is 1.35 bits per heavy atom. The van der Waals surface area contributed by atoms with Gasteiger partial charge in [0.2, 0.25) is 5.91 Å². The van der Waals surface area contributed by atoms with Crippen molar-refractivity contribution in [1.82, 2.24) is 15.5 Å². The third kappa shape index (κ3) is 6.60. The smallest absolute Gasteiger partial charge is 0.269 e. The summed E-state index contributed by atoms with van der Waals surface area (Å²) in [4.78, 5) is 27.6. The number of likely N-dealkylation sites (N-methyl/N-ethyl adjacent to an activating group) is 1. The van der Waals surface area contributed by atoms with Gasteiger partial charge in [-0.1, -0.05) is 18.2 Å². The van der Waals surface area contributed by atoms with Crippen LogP contribution in [0.25, 0.3) is 0 Å². The lowest BCUT2D eigenvalue weighted by Gasteiger charge is -2.14. The minimum Gasteiger partial charge on any atom is -0.353 e. The Kier molecular flexibility index (Phi) is 7.25. The van der Waals surface area contributed by atoms with Gasteiger partial charge in [-0.15, -0.1) is 6.58 Å². The van der Waals surface area contributed by atoms with Crippen molar-refractivity contribution in [3.63, 3.8) is 0 Å². The molecule has 0 aliphatic rings. The quantitative estimate of drug-likeness (QED) is 0.256. The first-order chi connectivity index (χ1) is 10.9. The van der Waals surface area contributed by atoms with Crippen molar-refractivity contribution in [2.24, 2.45) is 4.99 Å². The molecule has 0 aliphatic heterocycles. The van der Waals surface area contributed by atoms with E-state index >= 15 is 0 Å². The molecule has 0 heterocycles. The average Bonchev–Trinajstić information content (AvgIpc) is 2.54. The predicted octanol–water partition coefficient (Wildman–Crippen LogP) is 0.904. The van der Waals surface area contributed by atoms with Crippen LogP contribution in [0.2, 0.25) is 0 Å². The van der Waals surface area contributed by atoms with Gasteiger partial charge in [-0.05, 0) is 5.56 Å². The maximum atomic E-state index is 11.6. The molecule has 0 unspecified atom stereocenters. The fourth-order valence-corrected chi connectivity index (χ4v) is 1.55. The molecule has 0 bridgehead atoms. The van der Waals surface area contributed by atoms with Crippen LogP contribution in [0.15, 0.2) is 41.9 Å². The summed E-state index contributed by atoms with van der Waals surface area (Å²) in [6.07, 6.45) is 1.68. The molecule has 23 heavy (non-hydrogen) atoms. The van der Waals surface area contributed by atoms with E-state index in [1.165, 1.54) is 17.0 Å². The number of benzene rings is 1. The molecule has 0 atom stereocenters. The Morgan fingerprint density at radius 3 is 2.52 bits per heavy atom. The number of nitro benzene ring substituents is 1. The standard InChI is InChI=1S/C15H21N5O3/c1-4-9-16-15(18-11-14(21)19(2)3)17-10-12-5-7-13(8-6-12)20(22)23/h4-8H,1,9-11H2,2-3H3,(H2,16,17,18). The number of non-ortho nitro benzene ring substituents is 1. The molecule has 8 heteroatoms. The maximum absolute atomic E-state index is 11.6. The molecule has 0 aromatic heterocycles. The van der Waals surface area contributed by atoms with Gasteiger partial charge in [-0.25, -0.2) is 4.99 Å². The number of amides is 1. The molecule has 0 spiro atoms. The number of hydrogen-bond acceptors (Lipinski definition) is 4. The average molecular weight is 319 g/mol. The van der Waals surface area contributed by atoms with Crippen molar-refractivity contribution in [1.29, 1.82) is 0 Å². The van der Waals surface area contributed by atoms with E-state index in [0.29, 0.717) is 19.0 Å². The third-order valence-electron chi connectivity index (χ3n) is 2.89. The lowest BCUT2D eigenvalue weighted by atomic mass is 10.2. The molecule has 1 amide bonds. The molecular formula is C15H21N5O3. The number of aliphatic imine (C=N–C) groups is 1. The molecule has 2 N–H and O–H groups in total. The summed E-state index contributed by atoms with van der Waals surface area (Å²) in [6.45, 7) is 4.57. The van der Waals surface area contributed by atoms with E-state index in [2.05, 4.69) is 22.2 Å². The second kappa shape index (κ2) is 9.19. The van der Waals surface area contributed by atoms with Crippen LogP contribution in [0.3, 0.4) is 0 Å². The van der Waals surface area contributed by atoms with E-state index in [9.17, 15) is 14.9 Å². The predicted molar refractivity (Wildman–Crippen MR) is 89.1 cm³/mol. The van der Waals surface area contributed by atoms with Gasteiger partial charge in [0.05, 0.1) is 18.0 Å². The number of carbonyl (C=O) groups excluding carboxylic acids is 1. The fraction of sp³-hybridized carbons (Fsp3) is 0.333. The molecule has 124 valence electrons. The monoisotopic (exact) mass is 319 g/mol. The van der Waals surface area contributed by atoms with E-state index in [1.807, 2.05) is 0 Å². The minimum atomic E-state index is -0.446. The van der Waals surface area contributed by atoms with E-state index in [1.54, 1.807) is 32.3 Å². The van der Waals surface area contributed by atoms with Crippen LogP contribution in [0, 0.1) is 10.1 Å². The summed E-state index contributed by atoms with van der Waals surface area (Å²) in [5, 5.41) is 16.5. The fourth-order valence-electron chi connectivity index (χ4n) is 1.55. The Labute approximate surface area is 135 Å². The summed E-state index contributed by atoms with van der Waals surface area (Å²) in [5.41, 5.74) is 0.867. The van der Waals surface area contributed by atoms with Gasteiger partial charge >= 0.3 is 0 Å². The summed E-state index contributed by atoms with van der Waals surface area (Å²) >= 11 is 0. The summed E-state index contributed by atoms with van der Waals surface area (Å²) in [5.74, 6) is 0.395. The number of rotatable bonds is 7. The zero-order valence-electron chi connectivity index (χ0n) is 13.3. The van der Waals surface area contributed by atoms with E-state index < -0.39 is 4.92 Å². The minimum absolute atomic E-state index is 0.0393. The van der Waals surface area contributed by atoms with E-state index in [4.69, 9.17) is 0 Å². The van der Waals surface area contributed by atoms with E-state index in [0.717, 1.165) is 5.56 Å². The first-order valence-electron chi connectivity index (χ1n) is 7.00. The number of carbonyl (C=O) groups is 1. The maximum Gasteiger partial charge on any atom is 0.269 e. The Bertz CT molecular complexity index is 581.